The van der Waals surface area contributed by atoms with E-state index >= 15 is 0 Å². The normalized spacial score (nSPS) is 19.7. The van der Waals surface area contributed by atoms with Gasteiger partial charge in [-0.05, 0) is 11.1 Å². The number of carbonyl (C=O) groups is 1. The van der Waals surface area contributed by atoms with E-state index in [-0.39, 0.29) is 12.4 Å². The second kappa shape index (κ2) is 7.79. The van der Waals surface area contributed by atoms with Gasteiger partial charge in [0, 0.05) is 7.11 Å². The first-order valence-electron chi connectivity index (χ1n) is 8.15. The van der Waals surface area contributed by atoms with E-state index in [9.17, 15) is 18.0 Å². The van der Waals surface area contributed by atoms with Crippen molar-refractivity contribution in [1.29, 1.82) is 0 Å². The van der Waals surface area contributed by atoms with Gasteiger partial charge in [-0.1, -0.05) is 60.7 Å². The lowest BCUT2D eigenvalue weighted by molar-refractivity contribution is -0.230. The van der Waals surface area contributed by atoms with Crippen molar-refractivity contribution in [2.45, 2.75) is 18.3 Å². The molecule has 142 valence electrons. The van der Waals surface area contributed by atoms with Crippen LogP contribution in [-0.4, -0.2) is 36.8 Å². The maximum Gasteiger partial charge on any atom is 0.493 e. The molecule has 0 N–H and O–H groups in total. The highest BCUT2D eigenvalue weighted by Gasteiger charge is 2.47. The highest BCUT2D eigenvalue weighted by molar-refractivity contribution is 5.87. The topological polar surface area (TPSA) is 51.1 Å². The number of methoxy groups -OCH3 is 1. The molecule has 27 heavy (non-hydrogen) atoms. The number of hydrogen-bond acceptors (Lipinski definition) is 5. The number of rotatable bonds is 5. The average molecular weight is 378 g/mol. The van der Waals surface area contributed by atoms with Crippen molar-refractivity contribution in [3.8, 4) is 0 Å². The van der Waals surface area contributed by atoms with Gasteiger partial charge in [-0.2, -0.15) is 18.2 Å². The van der Waals surface area contributed by atoms with Gasteiger partial charge >= 0.3 is 12.1 Å². The van der Waals surface area contributed by atoms with Crippen molar-refractivity contribution in [2.75, 3.05) is 13.7 Å². The van der Waals surface area contributed by atoms with Gasteiger partial charge in [0.1, 0.15) is 18.7 Å². The van der Waals surface area contributed by atoms with Crippen molar-refractivity contribution < 1.29 is 27.5 Å². The van der Waals surface area contributed by atoms with Crippen LogP contribution in [0.1, 0.15) is 23.2 Å². The third kappa shape index (κ3) is 4.11. The molecule has 0 aromatic heterocycles. The molecule has 2 unspecified atom stereocenters. The zero-order chi connectivity index (χ0) is 19.4. The fourth-order valence-electron chi connectivity index (χ4n) is 2.93. The molecule has 0 bridgehead atoms. The SMILES string of the molecule is COCC1=NC(c2ccccc2)C(c2ccccc2)N1OC(=O)C(F)(F)F. The molecule has 0 saturated heterocycles. The maximum atomic E-state index is 12.8. The van der Waals surface area contributed by atoms with Crippen LogP contribution in [0.25, 0.3) is 0 Å². The summed E-state index contributed by atoms with van der Waals surface area (Å²) in [4.78, 5) is 20.7. The van der Waals surface area contributed by atoms with E-state index in [0.717, 1.165) is 10.6 Å². The van der Waals surface area contributed by atoms with Crippen LogP contribution in [0.4, 0.5) is 13.2 Å². The first-order valence-corrected chi connectivity index (χ1v) is 8.15. The van der Waals surface area contributed by atoms with Gasteiger partial charge in [0.15, 0.2) is 5.84 Å². The zero-order valence-electron chi connectivity index (χ0n) is 14.4. The monoisotopic (exact) mass is 378 g/mol. The van der Waals surface area contributed by atoms with Crippen LogP contribution in [0, 0.1) is 0 Å². The van der Waals surface area contributed by atoms with E-state index in [1.54, 1.807) is 30.3 Å². The summed E-state index contributed by atoms with van der Waals surface area (Å²) in [5.41, 5.74) is 1.45. The Morgan fingerprint density at radius 1 is 1.04 bits per heavy atom. The van der Waals surface area contributed by atoms with Crippen LogP contribution >= 0.6 is 0 Å². The first kappa shape index (κ1) is 18.9. The number of nitrogens with zero attached hydrogens (tertiary/aromatic N) is 2. The number of hydrogen-bond donors (Lipinski definition) is 0. The van der Waals surface area contributed by atoms with Gasteiger partial charge in [0.05, 0.1) is 0 Å². The van der Waals surface area contributed by atoms with Gasteiger partial charge in [-0.25, -0.2) is 4.79 Å². The summed E-state index contributed by atoms with van der Waals surface area (Å²) in [6.45, 7) is -0.0994. The number of halogens is 3. The smallest absolute Gasteiger partial charge is 0.377 e. The first-order chi connectivity index (χ1) is 12.9. The van der Waals surface area contributed by atoms with Crippen LogP contribution in [-0.2, 0) is 14.4 Å². The molecule has 1 aliphatic heterocycles. The van der Waals surface area contributed by atoms with E-state index in [4.69, 9.17) is 9.57 Å². The van der Waals surface area contributed by atoms with E-state index in [0.29, 0.717) is 5.56 Å². The number of ether oxygens (including phenoxy) is 1. The number of aliphatic imine (C=N–C) groups is 1. The molecule has 0 saturated carbocycles. The van der Waals surface area contributed by atoms with Crippen LogP contribution in [0.15, 0.2) is 65.7 Å². The number of carbonyl (C=O) groups excluding carboxylic acids is 1. The van der Waals surface area contributed by atoms with Crippen molar-refractivity contribution in [3.63, 3.8) is 0 Å². The number of alkyl halides is 3. The lowest BCUT2D eigenvalue weighted by Crippen LogP contribution is -2.40. The Morgan fingerprint density at radius 3 is 2.11 bits per heavy atom. The second-order valence-corrected chi connectivity index (χ2v) is 5.89. The fraction of sp³-hybridized carbons (Fsp3) is 0.263. The van der Waals surface area contributed by atoms with Gasteiger partial charge in [0.2, 0.25) is 0 Å². The second-order valence-electron chi connectivity index (χ2n) is 5.89. The number of amidine groups is 1. The van der Waals surface area contributed by atoms with E-state index in [1.807, 2.05) is 30.3 Å². The molecule has 2 aromatic carbocycles. The molecule has 1 aliphatic rings. The van der Waals surface area contributed by atoms with Crippen molar-refractivity contribution in [1.82, 2.24) is 5.06 Å². The number of benzene rings is 2. The predicted molar refractivity (Wildman–Crippen MR) is 91.7 cm³/mol. The maximum absolute atomic E-state index is 12.8. The summed E-state index contributed by atoms with van der Waals surface area (Å²) in [6.07, 6.45) is -5.12. The minimum atomic E-state index is -5.12. The summed E-state index contributed by atoms with van der Waals surface area (Å²) >= 11 is 0. The van der Waals surface area contributed by atoms with Gasteiger partial charge in [-0.3, -0.25) is 4.99 Å². The van der Waals surface area contributed by atoms with E-state index in [1.165, 1.54) is 7.11 Å². The van der Waals surface area contributed by atoms with Crippen LogP contribution in [0.5, 0.6) is 0 Å². The largest absolute Gasteiger partial charge is 0.493 e. The predicted octanol–water partition coefficient (Wildman–Crippen LogP) is 3.85. The highest BCUT2D eigenvalue weighted by Crippen LogP contribution is 2.42. The molecule has 2 atom stereocenters. The molecule has 0 radical (unpaired) electrons. The van der Waals surface area contributed by atoms with Crippen molar-refractivity contribution in [2.24, 2.45) is 4.99 Å². The van der Waals surface area contributed by atoms with Crippen molar-refractivity contribution >= 4 is 11.8 Å². The molecule has 5 nitrogen and oxygen atoms in total. The van der Waals surface area contributed by atoms with E-state index < -0.39 is 24.2 Å². The minimum absolute atomic E-state index is 0.0994. The third-order valence-electron chi connectivity index (χ3n) is 4.06. The quantitative estimate of drug-likeness (QED) is 0.793. The van der Waals surface area contributed by atoms with E-state index in [2.05, 4.69) is 4.99 Å². The van der Waals surface area contributed by atoms with Crippen LogP contribution in [0.2, 0.25) is 0 Å². The summed E-state index contributed by atoms with van der Waals surface area (Å²) in [6, 6.07) is 16.6. The molecule has 0 aliphatic carbocycles. The Balaban J connectivity index is 2.04. The minimum Gasteiger partial charge on any atom is -0.377 e. The Morgan fingerprint density at radius 2 is 1.59 bits per heavy atom. The van der Waals surface area contributed by atoms with Crippen LogP contribution < -0.4 is 0 Å². The third-order valence-corrected chi connectivity index (χ3v) is 4.06. The molecule has 0 spiro atoms. The Hall–Kier alpha value is -2.87. The lowest BCUT2D eigenvalue weighted by Gasteiger charge is -2.29. The summed E-state index contributed by atoms with van der Waals surface area (Å²) in [5, 5.41) is 0.909. The molecule has 2 aromatic rings. The molecular formula is C19H17F3N2O3. The standard InChI is InChI=1S/C19H17F3N2O3/c1-26-12-15-23-16(13-8-4-2-5-9-13)17(14-10-6-3-7-11-14)24(15)27-18(25)19(20,21)22/h2-11,16-17H,12H2,1H3. The number of hydroxylamine groups is 2. The summed E-state index contributed by atoms with van der Waals surface area (Å²) in [5.74, 6) is -2.20. The fourth-order valence-corrected chi connectivity index (χ4v) is 2.93. The molecule has 0 fully saturated rings. The zero-order valence-corrected chi connectivity index (χ0v) is 14.4. The van der Waals surface area contributed by atoms with Gasteiger partial charge in [-0.15, -0.1) is 0 Å². The summed E-state index contributed by atoms with van der Waals surface area (Å²) in [7, 11) is 1.39. The molecule has 3 rings (SSSR count). The van der Waals surface area contributed by atoms with Crippen molar-refractivity contribution in [3.05, 3.63) is 71.8 Å². The molecular weight excluding hydrogens is 361 g/mol. The molecule has 1 heterocycles. The summed E-state index contributed by atoms with van der Waals surface area (Å²) < 4.78 is 43.4. The molecule has 8 heteroatoms. The lowest BCUT2D eigenvalue weighted by atomic mass is 9.95. The Kier molecular flexibility index (Phi) is 5.46. The molecule has 0 amide bonds. The highest BCUT2D eigenvalue weighted by atomic mass is 19.4. The Bertz CT molecular complexity index is 810. The van der Waals surface area contributed by atoms with Gasteiger partial charge in [0.25, 0.3) is 0 Å². The van der Waals surface area contributed by atoms with Gasteiger partial charge < -0.3 is 9.57 Å². The average Bonchev–Trinajstić information content (AvgIpc) is 3.01. The Labute approximate surface area is 154 Å². The van der Waals surface area contributed by atoms with Crippen LogP contribution in [0.3, 0.4) is 0 Å².